The Morgan fingerprint density at radius 1 is 1.05 bits per heavy atom. The lowest BCUT2D eigenvalue weighted by Crippen LogP contribution is -2.59. The molecule has 2 atom stereocenters. The summed E-state index contributed by atoms with van der Waals surface area (Å²) in [6.45, 7) is 9.24. The maximum Gasteiger partial charge on any atom is 0.0476 e. The Morgan fingerprint density at radius 2 is 1.71 bits per heavy atom. The van der Waals surface area contributed by atoms with Crippen molar-refractivity contribution in [3.63, 3.8) is 0 Å². The van der Waals surface area contributed by atoms with Crippen LogP contribution in [0.15, 0.2) is 42.5 Å². The van der Waals surface area contributed by atoms with Gasteiger partial charge in [0.2, 0.25) is 0 Å². The second kappa shape index (κ2) is 5.94. The third-order valence-electron chi connectivity index (χ3n) is 5.03. The van der Waals surface area contributed by atoms with Gasteiger partial charge in [-0.05, 0) is 23.8 Å². The summed E-state index contributed by atoms with van der Waals surface area (Å²) in [5, 5.41) is 3.80. The molecule has 0 radical (unpaired) electrons. The smallest absolute Gasteiger partial charge is 0.0476 e. The van der Waals surface area contributed by atoms with E-state index < -0.39 is 0 Å². The lowest BCUT2D eigenvalue weighted by atomic mass is 9.83. The highest BCUT2D eigenvalue weighted by Gasteiger charge is 2.37. The van der Waals surface area contributed by atoms with E-state index >= 15 is 0 Å². The number of benzene rings is 1. The quantitative estimate of drug-likeness (QED) is 0.832. The minimum atomic E-state index is 0.311. The average molecular weight is 284 g/mol. The first-order chi connectivity index (χ1) is 10.1. The highest BCUT2D eigenvalue weighted by atomic mass is 15.3. The molecule has 1 saturated heterocycles. The van der Waals surface area contributed by atoms with Gasteiger partial charge in [0.15, 0.2) is 0 Å². The zero-order chi connectivity index (χ0) is 14.9. The molecule has 21 heavy (non-hydrogen) atoms. The SMILES string of the molecule is CC(C)(C)C1CN(C2CC=CC2)C(c2ccccc2)CN1. The summed E-state index contributed by atoms with van der Waals surface area (Å²) in [5.74, 6) is 0. The van der Waals surface area contributed by atoms with Crippen LogP contribution in [0, 0.1) is 5.41 Å². The Balaban J connectivity index is 1.82. The average Bonchev–Trinajstić information content (AvgIpc) is 3.01. The van der Waals surface area contributed by atoms with Gasteiger partial charge in [0, 0.05) is 31.2 Å². The van der Waals surface area contributed by atoms with Crippen LogP contribution in [-0.2, 0) is 0 Å². The molecule has 1 heterocycles. The lowest BCUT2D eigenvalue weighted by molar-refractivity contribution is 0.0527. The van der Waals surface area contributed by atoms with E-state index in [9.17, 15) is 0 Å². The molecule has 0 amide bonds. The van der Waals surface area contributed by atoms with Gasteiger partial charge in [-0.1, -0.05) is 63.3 Å². The van der Waals surface area contributed by atoms with Crippen LogP contribution < -0.4 is 5.32 Å². The number of hydrogen-bond acceptors (Lipinski definition) is 2. The first kappa shape index (κ1) is 14.8. The van der Waals surface area contributed by atoms with Gasteiger partial charge in [-0.25, -0.2) is 0 Å². The molecule has 0 spiro atoms. The zero-order valence-electron chi connectivity index (χ0n) is 13.5. The molecule has 0 saturated carbocycles. The Morgan fingerprint density at radius 3 is 2.33 bits per heavy atom. The predicted molar refractivity (Wildman–Crippen MR) is 89.3 cm³/mol. The summed E-state index contributed by atoms with van der Waals surface area (Å²) in [7, 11) is 0. The minimum absolute atomic E-state index is 0.311. The van der Waals surface area contributed by atoms with Gasteiger partial charge in [0.25, 0.3) is 0 Å². The van der Waals surface area contributed by atoms with E-state index in [0.717, 1.165) is 13.1 Å². The van der Waals surface area contributed by atoms with Crippen molar-refractivity contribution in [2.75, 3.05) is 13.1 Å². The van der Waals surface area contributed by atoms with Gasteiger partial charge < -0.3 is 5.32 Å². The van der Waals surface area contributed by atoms with Crippen molar-refractivity contribution in [3.8, 4) is 0 Å². The molecule has 1 aromatic rings. The zero-order valence-corrected chi connectivity index (χ0v) is 13.5. The van der Waals surface area contributed by atoms with Gasteiger partial charge in [0.1, 0.15) is 0 Å². The summed E-state index contributed by atoms with van der Waals surface area (Å²) in [6.07, 6.45) is 7.11. The van der Waals surface area contributed by atoms with Crippen LogP contribution in [0.4, 0.5) is 0 Å². The van der Waals surface area contributed by atoms with Gasteiger partial charge >= 0.3 is 0 Å². The molecule has 1 aliphatic heterocycles. The molecule has 1 N–H and O–H groups in total. The Kier molecular flexibility index (Phi) is 4.19. The normalized spacial score (nSPS) is 28.1. The summed E-state index contributed by atoms with van der Waals surface area (Å²) in [5.41, 5.74) is 1.76. The van der Waals surface area contributed by atoms with Crippen molar-refractivity contribution in [3.05, 3.63) is 48.0 Å². The van der Waals surface area contributed by atoms with E-state index in [1.165, 1.54) is 18.4 Å². The molecule has 2 unspecified atom stereocenters. The van der Waals surface area contributed by atoms with E-state index in [4.69, 9.17) is 0 Å². The van der Waals surface area contributed by atoms with Gasteiger partial charge in [-0.15, -0.1) is 0 Å². The van der Waals surface area contributed by atoms with Crippen LogP contribution in [0.2, 0.25) is 0 Å². The standard InChI is InChI=1S/C19H28N2/c1-19(2,3)18-14-21(16-11-7-8-12-16)17(13-20-18)15-9-5-4-6-10-15/h4-10,16-18,20H,11-14H2,1-3H3. The van der Waals surface area contributed by atoms with Crippen LogP contribution in [-0.4, -0.2) is 30.1 Å². The Bertz CT molecular complexity index is 478. The molecule has 114 valence electrons. The van der Waals surface area contributed by atoms with Crippen molar-refractivity contribution >= 4 is 0 Å². The fraction of sp³-hybridized carbons (Fsp3) is 0.579. The summed E-state index contributed by atoms with van der Waals surface area (Å²) in [6, 6.07) is 12.7. The molecule has 2 aliphatic rings. The van der Waals surface area contributed by atoms with Crippen molar-refractivity contribution in [2.24, 2.45) is 5.41 Å². The molecular weight excluding hydrogens is 256 g/mol. The van der Waals surface area contributed by atoms with Gasteiger partial charge in [0.05, 0.1) is 0 Å². The van der Waals surface area contributed by atoms with E-state index in [2.05, 4.69) is 73.5 Å². The minimum Gasteiger partial charge on any atom is -0.310 e. The molecule has 0 bridgehead atoms. The molecule has 2 heteroatoms. The number of nitrogens with one attached hydrogen (secondary N) is 1. The van der Waals surface area contributed by atoms with E-state index in [1.54, 1.807) is 0 Å². The van der Waals surface area contributed by atoms with E-state index in [-0.39, 0.29) is 0 Å². The first-order valence-corrected chi connectivity index (χ1v) is 8.25. The van der Waals surface area contributed by atoms with Crippen molar-refractivity contribution in [2.45, 2.75) is 51.7 Å². The highest BCUT2D eigenvalue weighted by molar-refractivity contribution is 5.21. The molecule has 2 nitrogen and oxygen atoms in total. The van der Waals surface area contributed by atoms with Gasteiger partial charge in [-0.3, -0.25) is 4.90 Å². The summed E-state index contributed by atoms with van der Waals surface area (Å²) in [4.78, 5) is 2.75. The first-order valence-electron chi connectivity index (χ1n) is 8.25. The summed E-state index contributed by atoms with van der Waals surface area (Å²) >= 11 is 0. The Hall–Kier alpha value is -1.12. The third kappa shape index (κ3) is 3.22. The molecular formula is C19H28N2. The maximum atomic E-state index is 3.80. The van der Waals surface area contributed by atoms with Crippen molar-refractivity contribution in [1.29, 1.82) is 0 Å². The van der Waals surface area contributed by atoms with Crippen LogP contribution in [0.25, 0.3) is 0 Å². The molecule has 1 aromatic carbocycles. The topological polar surface area (TPSA) is 15.3 Å². The maximum absolute atomic E-state index is 3.80. The predicted octanol–water partition coefficient (Wildman–Crippen LogP) is 3.77. The fourth-order valence-corrected chi connectivity index (χ4v) is 3.62. The van der Waals surface area contributed by atoms with Crippen molar-refractivity contribution in [1.82, 2.24) is 10.2 Å². The second-order valence-electron chi connectivity index (χ2n) is 7.55. The van der Waals surface area contributed by atoms with E-state index in [1.807, 2.05) is 0 Å². The fourth-order valence-electron chi connectivity index (χ4n) is 3.62. The monoisotopic (exact) mass is 284 g/mol. The third-order valence-corrected chi connectivity index (χ3v) is 5.03. The largest absolute Gasteiger partial charge is 0.310 e. The van der Waals surface area contributed by atoms with Crippen LogP contribution in [0.1, 0.15) is 45.2 Å². The van der Waals surface area contributed by atoms with Crippen molar-refractivity contribution < 1.29 is 0 Å². The number of rotatable bonds is 2. The molecule has 0 aromatic heterocycles. The van der Waals surface area contributed by atoms with Crippen LogP contribution >= 0.6 is 0 Å². The number of hydrogen-bond donors (Lipinski definition) is 1. The molecule has 1 fully saturated rings. The van der Waals surface area contributed by atoms with Gasteiger partial charge in [-0.2, -0.15) is 0 Å². The van der Waals surface area contributed by atoms with Crippen LogP contribution in [0.3, 0.4) is 0 Å². The molecule has 3 rings (SSSR count). The lowest BCUT2D eigenvalue weighted by Gasteiger charge is -2.47. The highest BCUT2D eigenvalue weighted by Crippen LogP contribution is 2.33. The van der Waals surface area contributed by atoms with Crippen LogP contribution in [0.5, 0.6) is 0 Å². The number of nitrogens with zero attached hydrogens (tertiary/aromatic N) is 1. The number of piperazine rings is 1. The summed E-state index contributed by atoms with van der Waals surface area (Å²) < 4.78 is 0. The molecule has 1 aliphatic carbocycles. The Labute approximate surface area is 129 Å². The second-order valence-corrected chi connectivity index (χ2v) is 7.55. The van der Waals surface area contributed by atoms with E-state index in [0.29, 0.717) is 23.5 Å².